The normalized spacial score (nSPS) is 12.3. The Bertz CT molecular complexity index is 1360. The summed E-state index contributed by atoms with van der Waals surface area (Å²) in [4.78, 5) is 39.0. The third kappa shape index (κ3) is 6.17. The van der Waals surface area contributed by atoms with Gasteiger partial charge >= 0.3 is 5.97 Å². The quantitative estimate of drug-likeness (QED) is 0.130. The average Bonchev–Trinajstić information content (AvgIpc) is 2.92. The molecule has 2 atom stereocenters. The summed E-state index contributed by atoms with van der Waals surface area (Å²) in [6.45, 7) is 0. The maximum atomic E-state index is 13.4. The number of halogens is 2. The highest BCUT2D eigenvalue weighted by Crippen LogP contribution is 2.32. The summed E-state index contributed by atoms with van der Waals surface area (Å²) in [6, 6.07) is 31.4. The number of carbonyl (C=O) groups is 3. The fourth-order valence-corrected chi connectivity index (χ4v) is 4.49. The second-order valence-corrected chi connectivity index (χ2v) is 9.78. The second-order valence-electron chi connectivity index (χ2n) is 7.88. The van der Waals surface area contributed by atoms with E-state index in [2.05, 4.69) is 37.2 Å². The van der Waals surface area contributed by atoms with Crippen LogP contribution in [0.2, 0.25) is 0 Å². The molecule has 0 unspecified atom stereocenters. The Kier molecular flexibility index (Phi) is 8.46. The van der Waals surface area contributed by atoms with Gasteiger partial charge in [-0.2, -0.15) is 0 Å². The highest BCUT2D eigenvalue weighted by atomic mass is 79.9. The van der Waals surface area contributed by atoms with Crippen molar-refractivity contribution in [2.75, 3.05) is 5.32 Å². The van der Waals surface area contributed by atoms with Gasteiger partial charge in [-0.05, 0) is 42.0 Å². The van der Waals surface area contributed by atoms with Crippen molar-refractivity contribution in [3.05, 3.63) is 136 Å². The van der Waals surface area contributed by atoms with Gasteiger partial charge < -0.3 is 10.1 Å². The number of amides is 1. The molecule has 0 bridgehead atoms. The molecule has 0 aliphatic heterocycles. The summed E-state index contributed by atoms with van der Waals surface area (Å²) in [5.74, 6) is -1.44. The minimum Gasteiger partial charge on any atom is -0.449 e. The molecule has 0 aliphatic rings. The third-order valence-electron chi connectivity index (χ3n) is 5.44. The number of hydrogen-bond acceptors (Lipinski definition) is 4. The van der Waals surface area contributed by atoms with E-state index in [-0.39, 0.29) is 22.9 Å². The van der Waals surface area contributed by atoms with Crippen LogP contribution < -0.4 is 5.32 Å². The summed E-state index contributed by atoms with van der Waals surface area (Å²) >= 11 is 6.92. The molecule has 0 fully saturated rings. The molecule has 4 rings (SSSR count). The summed E-state index contributed by atoms with van der Waals surface area (Å²) < 4.78 is 6.67. The largest absolute Gasteiger partial charge is 0.449 e. The highest BCUT2D eigenvalue weighted by Gasteiger charge is 2.33. The number of alkyl halides is 1. The van der Waals surface area contributed by atoms with E-state index in [0.29, 0.717) is 11.1 Å². The van der Waals surface area contributed by atoms with Crippen LogP contribution in [-0.4, -0.2) is 23.8 Å². The Hall–Kier alpha value is -3.55. The summed E-state index contributed by atoms with van der Waals surface area (Å²) in [6.07, 6.45) is -1.14. The number of ether oxygens (including phenoxy) is 1. The summed E-state index contributed by atoms with van der Waals surface area (Å²) in [7, 11) is 0. The summed E-state index contributed by atoms with van der Waals surface area (Å²) in [5, 5.41) is 2.77. The fourth-order valence-electron chi connectivity index (χ4n) is 3.57. The predicted molar refractivity (Wildman–Crippen MR) is 147 cm³/mol. The molecule has 0 spiro atoms. The average molecular weight is 607 g/mol. The molecule has 0 aliphatic carbocycles. The number of para-hydroxylation sites is 1. The molecule has 0 heterocycles. The van der Waals surface area contributed by atoms with E-state index in [9.17, 15) is 14.4 Å². The van der Waals surface area contributed by atoms with Gasteiger partial charge in [-0.1, -0.05) is 105 Å². The second kappa shape index (κ2) is 11.9. The lowest BCUT2D eigenvalue weighted by Crippen LogP contribution is -2.31. The standard InChI is InChI=1S/C29H21Br2NO4/c30-22-17-15-21(16-18-22)28(34)32-24-14-8-7-13-23(24)29(35)36-27(25(31)19-9-3-1-4-10-19)26(33)20-11-5-2-6-12-20/h1-18,25,27H,(H,32,34)/t25-,27-/m0/s1. The molecular weight excluding hydrogens is 586 g/mol. The Balaban J connectivity index is 1.61. The van der Waals surface area contributed by atoms with Gasteiger partial charge in [0.25, 0.3) is 5.91 Å². The first-order valence-corrected chi connectivity index (χ1v) is 12.8. The Morgan fingerprint density at radius 3 is 1.94 bits per heavy atom. The molecule has 7 heteroatoms. The van der Waals surface area contributed by atoms with Gasteiger partial charge in [0.2, 0.25) is 5.78 Å². The number of nitrogens with one attached hydrogen (secondary N) is 1. The Morgan fingerprint density at radius 1 is 0.694 bits per heavy atom. The molecule has 1 amide bonds. The van der Waals surface area contributed by atoms with E-state index in [4.69, 9.17) is 4.74 Å². The van der Waals surface area contributed by atoms with Crippen LogP contribution in [0, 0.1) is 0 Å². The molecule has 36 heavy (non-hydrogen) atoms. The molecule has 4 aromatic carbocycles. The lowest BCUT2D eigenvalue weighted by Gasteiger charge is -2.23. The van der Waals surface area contributed by atoms with Gasteiger partial charge in [-0.25, -0.2) is 4.79 Å². The molecule has 0 saturated carbocycles. The molecule has 5 nitrogen and oxygen atoms in total. The van der Waals surface area contributed by atoms with E-state index in [1.165, 1.54) is 0 Å². The van der Waals surface area contributed by atoms with Crippen LogP contribution in [0.25, 0.3) is 0 Å². The van der Waals surface area contributed by atoms with Crippen molar-refractivity contribution in [1.82, 2.24) is 0 Å². The zero-order valence-corrected chi connectivity index (χ0v) is 22.1. The van der Waals surface area contributed by atoms with Crippen LogP contribution in [0.3, 0.4) is 0 Å². The van der Waals surface area contributed by atoms with E-state index in [1.807, 2.05) is 36.4 Å². The van der Waals surface area contributed by atoms with Crippen molar-refractivity contribution in [2.24, 2.45) is 0 Å². The van der Waals surface area contributed by atoms with E-state index in [0.717, 1.165) is 10.0 Å². The third-order valence-corrected chi connectivity index (χ3v) is 6.97. The molecule has 0 saturated heterocycles. The van der Waals surface area contributed by atoms with Gasteiger partial charge in [0.1, 0.15) is 0 Å². The molecule has 180 valence electrons. The van der Waals surface area contributed by atoms with Crippen LogP contribution in [0.5, 0.6) is 0 Å². The Labute approximate surface area is 225 Å². The van der Waals surface area contributed by atoms with Gasteiger partial charge in [0, 0.05) is 15.6 Å². The number of anilines is 1. The Morgan fingerprint density at radius 2 is 1.28 bits per heavy atom. The van der Waals surface area contributed by atoms with Crippen LogP contribution in [-0.2, 0) is 4.74 Å². The topological polar surface area (TPSA) is 72.5 Å². The van der Waals surface area contributed by atoms with Crippen LogP contribution in [0.15, 0.2) is 114 Å². The number of hydrogen-bond donors (Lipinski definition) is 1. The number of esters is 1. The van der Waals surface area contributed by atoms with Crippen molar-refractivity contribution in [3.8, 4) is 0 Å². The lowest BCUT2D eigenvalue weighted by atomic mass is 9.99. The first-order chi connectivity index (χ1) is 17.4. The molecule has 0 aromatic heterocycles. The van der Waals surface area contributed by atoms with Crippen LogP contribution in [0.1, 0.15) is 41.5 Å². The van der Waals surface area contributed by atoms with Crippen LogP contribution in [0.4, 0.5) is 5.69 Å². The van der Waals surface area contributed by atoms with Gasteiger partial charge in [0.05, 0.1) is 16.1 Å². The van der Waals surface area contributed by atoms with Crippen molar-refractivity contribution >= 4 is 55.2 Å². The van der Waals surface area contributed by atoms with Crippen molar-refractivity contribution in [1.29, 1.82) is 0 Å². The van der Waals surface area contributed by atoms with Gasteiger partial charge in [-0.15, -0.1) is 0 Å². The van der Waals surface area contributed by atoms with Gasteiger partial charge in [-0.3, -0.25) is 9.59 Å². The molecular formula is C29H21Br2NO4. The molecule has 4 aromatic rings. The maximum absolute atomic E-state index is 13.4. The lowest BCUT2D eigenvalue weighted by molar-refractivity contribution is 0.0283. The SMILES string of the molecule is O=C(Nc1ccccc1C(=O)O[C@H](C(=O)c1ccccc1)[C@@H](Br)c1ccccc1)c1ccc(Br)cc1. The maximum Gasteiger partial charge on any atom is 0.341 e. The minimum atomic E-state index is -1.14. The van der Waals surface area contributed by atoms with Crippen LogP contribution >= 0.6 is 31.9 Å². The first kappa shape index (κ1) is 25.5. The highest BCUT2D eigenvalue weighted by molar-refractivity contribution is 9.10. The summed E-state index contributed by atoms with van der Waals surface area (Å²) in [5.41, 5.74) is 2.07. The van der Waals surface area contributed by atoms with E-state index < -0.39 is 16.9 Å². The zero-order valence-electron chi connectivity index (χ0n) is 18.9. The number of carbonyl (C=O) groups excluding carboxylic acids is 3. The van der Waals surface area contributed by atoms with Crippen molar-refractivity contribution in [3.63, 3.8) is 0 Å². The zero-order chi connectivity index (χ0) is 25.5. The minimum absolute atomic E-state index is 0.140. The first-order valence-electron chi connectivity index (χ1n) is 11.1. The van der Waals surface area contributed by atoms with Gasteiger partial charge in [0.15, 0.2) is 6.10 Å². The number of ketones is 1. The van der Waals surface area contributed by atoms with E-state index >= 15 is 0 Å². The number of Topliss-reactive ketones (excluding diaryl/α,β-unsaturated/α-hetero) is 1. The number of rotatable bonds is 8. The predicted octanol–water partition coefficient (Wildman–Crippen LogP) is 7.25. The van der Waals surface area contributed by atoms with Crippen molar-refractivity contribution in [2.45, 2.75) is 10.9 Å². The smallest absolute Gasteiger partial charge is 0.341 e. The number of benzene rings is 4. The van der Waals surface area contributed by atoms with Crippen molar-refractivity contribution < 1.29 is 19.1 Å². The molecule has 0 radical (unpaired) electrons. The fraction of sp³-hybridized carbons (Fsp3) is 0.0690. The monoisotopic (exact) mass is 605 g/mol. The van der Waals surface area contributed by atoms with E-state index in [1.54, 1.807) is 72.8 Å². The molecule has 1 N–H and O–H groups in total.